The van der Waals surface area contributed by atoms with Crippen molar-refractivity contribution in [3.8, 4) is 0 Å². The van der Waals surface area contributed by atoms with E-state index >= 15 is 0 Å². The molecule has 0 spiro atoms. The Morgan fingerprint density at radius 3 is 2.46 bits per heavy atom. The van der Waals surface area contributed by atoms with Crippen molar-refractivity contribution in [2.75, 3.05) is 5.32 Å². The number of nitrogens with one attached hydrogen (secondary N) is 1. The molecule has 1 aromatic carbocycles. The molecular formula is C21H24ClN3O3. The Labute approximate surface area is 168 Å². The molecule has 0 bridgehead atoms. The van der Waals surface area contributed by atoms with Crippen molar-refractivity contribution < 1.29 is 4.79 Å². The lowest BCUT2D eigenvalue weighted by Gasteiger charge is -2.25. The van der Waals surface area contributed by atoms with Crippen LogP contribution in [0.2, 0.25) is 5.02 Å². The first-order chi connectivity index (χ1) is 13.5. The summed E-state index contributed by atoms with van der Waals surface area (Å²) >= 11 is 5.88. The van der Waals surface area contributed by atoms with E-state index in [4.69, 9.17) is 11.6 Å². The van der Waals surface area contributed by atoms with Crippen LogP contribution >= 0.6 is 11.6 Å². The second-order valence-corrected chi connectivity index (χ2v) is 8.11. The number of carbonyl (C=O) groups excluding carboxylic acids is 1. The van der Waals surface area contributed by atoms with Crippen molar-refractivity contribution >= 4 is 23.2 Å². The van der Waals surface area contributed by atoms with Gasteiger partial charge in [-0.25, -0.2) is 4.79 Å². The Balaban J connectivity index is 1.67. The summed E-state index contributed by atoms with van der Waals surface area (Å²) in [5, 5.41) is 3.39. The second kappa shape index (κ2) is 7.95. The van der Waals surface area contributed by atoms with Gasteiger partial charge < -0.3 is 5.32 Å². The number of anilines is 1. The van der Waals surface area contributed by atoms with Crippen LogP contribution in [0.25, 0.3) is 0 Å². The molecule has 6 nitrogen and oxygen atoms in total. The molecule has 2 aliphatic rings. The first-order valence-electron chi connectivity index (χ1n) is 9.97. The van der Waals surface area contributed by atoms with E-state index in [0.717, 1.165) is 44.2 Å². The van der Waals surface area contributed by atoms with Crippen LogP contribution in [-0.2, 0) is 24.2 Å². The quantitative estimate of drug-likeness (QED) is 0.854. The summed E-state index contributed by atoms with van der Waals surface area (Å²) in [6.45, 7) is -0.0865. The minimum atomic E-state index is -0.344. The maximum atomic E-state index is 13.2. The van der Waals surface area contributed by atoms with E-state index in [1.165, 1.54) is 9.13 Å². The third kappa shape index (κ3) is 3.65. The number of rotatable bonds is 4. The molecule has 1 amide bonds. The van der Waals surface area contributed by atoms with Crippen LogP contribution in [0.4, 0.5) is 5.69 Å². The van der Waals surface area contributed by atoms with Crippen molar-refractivity contribution in [3.63, 3.8) is 0 Å². The van der Waals surface area contributed by atoms with Gasteiger partial charge in [-0.15, -0.1) is 0 Å². The van der Waals surface area contributed by atoms with Crippen LogP contribution in [-0.4, -0.2) is 15.0 Å². The van der Waals surface area contributed by atoms with Crippen molar-refractivity contribution in [2.24, 2.45) is 0 Å². The second-order valence-electron chi connectivity index (χ2n) is 7.67. The zero-order chi connectivity index (χ0) is 19.7. The number of amides is 1. The van der Waals surface area contributed by atoms with E-state index in [2.05, 4.69) is 5.32 Å². The van der Waals surface area contributed by atoms with Gasteiger partial charge >= 0.3 is 5.69 Å². The van der Waals surface area contributed by atoms with Gasteiger partial charge in [0.1, 0.15) is 6.54 Å². The smallest absolute Gasteiger partial charge is 0.325 e. The van der Waals surface area contributed by atoms with Crippen LogP contribution in [0.1, 0.15) is 55.8 Å². The summed E-state index contributed by atoms with van der Waals surface area (Å²) in [5.41, 5.74) is 1.58. The molecule has 1 heterocycles. The third-order valence-electron chi connectivity index (χ3n) is 5.80. The zero-order valence-electron chi connectivity index (χ0n) is 15.7. The third-order valence-corrected chi connectivity index (χ3v) is 6.05. The predicted octanol–water partition coefficient (Wildman–Crippen LogP) is 3.30. The van der Waals surface area contributed by atoms with Gasteiger partial charge in [0.15, 0.2) is 0 Å². The average Bonchev–Trinajstić information content (AvgIpc) is 3.18. The van der Waals surface area contributed by atoms with Crippen LogP contribution < -0.4 is 16.6 Å². The first kappa shape index (κ1) is 19.0. The molecule has 0 radical (unpaired) electrons. The zero-order valence-corrected chi connectivity index (χ0v) is 16.5. The summed E-state index contributed by atoms with van der Waals surface area (Å²) in [6, 6.07) is 6.78. The highest BCUT2D eigenvalue weighted by Gasteiger charge is 2.27. The van der Waals surface area contributed by atoms with Gasteiger partial charge in [0.05, 0.1) is 0 Å². The molecule has 7 heteroatoms. The Morgan fingerprint density at radius 2 is 1.75 bits per heavy atom. The van der Waals surface area contributed by atoms with E-state index in [1.54, 1.807) is 24.3 Å². The number of nitrogens with zero attached hydrogens (tertiary/aromatic N) is 2. The number of aromatic nitrogens is 2. The molecule has 0 saturated heterocycles. The SMILES string of the molecule is O=C(Cn1c2c(c(=O)n(C3CCCCC3)c1=O)CCC2)Nc1ccc(Cl)cc1. The Bertz CT molecular complexity index is 1000. The molecule has 1 aromatic heterocycles. The van der Waals surface area contributed by atoms with Crippen LogP contribution in [0.3, 0.4) is 0 Å². The van der Waals surface area contributed by atoms with Crippen molar-refractivity contribution in [2.45, 2.75) is 64.0 Å². The highest BCUT2D eigenvalue weighted by molar-refractivity contribution is 6.30. The van der Waals surface area contributed by atoms with Gasteiger partial charge in [0, 0.05) is 28.0 Å². The van der Waals surface area contributed by atoms with Crippen LogP contribution in [0, 0.1) is 0 Å². The molecule has 148 valence electrons. The van der Waals surface area contributed by atoms with Gasteiger partial charge in [0.25, 0.3) is 5.56 Å². The maximum absolute atomic E-state index is 13.2. The molecule has 2 aromatic rings. The van der Waals surface area contributed by atoms with Gasteiger partial charge in [-0.2, -0.15) is 0 Å². The normalized spacial score (nSPS) is 16.8. The molecule has 0 unspecified atom stereocenters. The predicted molar refractivity (Wildman–Crippen MR) is 109 cm³/mol. The number of benzene rings is 1. The van der Waals surface area contributed by atoms with E-state index in [1.807, 2.05) is 0 Å². The summed E-state index contributed by atoms with van der Waals surface area (Å²) in [7, 11) is 0. The maximum Gasteiger partial charge on any atom is 0.331 e. The van der Waals surface area contributed by atoms with E-state index in [9.17, 15) is 14.4 Å². The highest BCUT2D eigenvalue weighted by Crippen LogP contribution is 2.27. The Hall–Kier alpha value is -2.34. The minimum Gasteiger partial charge on any atom is -0.325 e. The first-order valence-corrected chi connectivity index (χ1v) is 10.3. The van der Waals surface area contributed by atoms with Crippen LogP contribution in [0.5, 0.6) is 0 Å². The summed E-state index contributed by atoms with van der Waals surface area (Å²) in [4.78, 5) is 38.8. The van der Waals surface area contributed by atoms with Gasteiger partial charge in [-0.3, -0.25) is 18.7 Å². The minimum absolute atomic E-state index is 0.0507. The van der Waals surface area contributed by atoms with E-state index < -0.39 is 0 Å². The summed E-state index contributed by atoms with van der Waals surface area (Å²) in [6.07, 6.45) is 7.11. The Morgan fingerprint density at radius 1 is 1.04 bits per heavy atom. The fraction of sp³-hybridized carbons (Fsp3) is 0.476. The number of hydrogen-bond donors (Lipinski definition) is 1. The fourth-order valence-electron chi connectivity index (χ4n) is 4.44. The molecule has 1 fully saturated rings. The van der Waals surface area contributed by atoms with E-state index in [-0.39, 0.29) is 29.7 Å². The monoisotopic (exact) mass is 401 g/mol. The van der Waals surface area contributed by atoms with Crippen molar-refractivity contribution in [1.82, 2.24) is 9.13 Å². The number of halogens is 1. The number of hydrogen-bond acceptors (Lipinski definition) is 3. The lowest BCUT2D eigenvalue weighted by Crippen LogP contribution is -2.46. The standard InChI is InChI=1S/C21H24ClN3O3/c22-14-9-11-15(12-10-14)23-19(26)13-24-18-8-4-7-17(18)20(27)25(21(24)28)16-5-2-1-3-6-16/h9-12,16H,1-8,13H2,(H,23,26). The fourth-order valence-corrected chi connectivity index (χ4v) is 4.56. The number of carbonyl (C=O) groups is 1. The molecule has 1 saturated carbocycles. The molecular weight excluding hydrogens is 378 g/mol. The van der Waals surface area contributed by atoms with Crippen LogP contribution in [0.15, 0.2) is 33.9 Å². The largest absolute Gasteiger partial charge is 0.331 e. The molecule has 28 heavy (non-hydrogen) atoms. The van der Waals surface area contributed by atoms with Gasteiger partial charge in [-0.05, 0) is 56.4 Å². The highest BCUT2D eigenvalue weighted by atomic mass is 35.5. The van der Waals surface area contributed by atoms with Crippen molar-refractivity contribution in [3.05, 3.63) is 61.4 Å². The van der Waals surface area contributed by atoms with Gasteiger partial charge in [-0.1, -0.05) is 30.9 Å². The molecule has 4 rings (SSSR count). The topological polar surface area (TPSA) is 73.1 Å². The molecule has 2 aliphatic carbocycles. The number of fused-ring (bicyclic) bond motifs is 1. The summed E-state index contributed by atoms with van der Waals surface area (Å²) < 4.78 is 2.95. The molecule has 0 aliphatic heterocycles. The van der Waals surface area contributed by atoms with Crippen molar-refractivity contribution in [1.29, 1.82) is 0 Å². The Kier molecular flexibility index (Phi) is 5.40. The average molecular weight is 402 g/mol. The lowest BCUT2D eigenvalue weighted by atomic mass is 9.95. The van der Waals surface area contributed by atoms with E-state index in [0.29, 0.717) is 29.1 Å². The van der Waals surface area contributed by atoms with Gasteiger partial charge in [0.2, 0.25) is 5.91 Å². The summed E-state index contributed by atoms with van der Waals surface area (Å²) in [5.74, 6) is -0.285. The molecule has 1 N–H and O–H groups in total. The lowest BCUT2D eigenvalue weighted by molar-refractivity contribution is -0.116. The molecule has 0 atom stereocenters.